The molecule has 2 amide bonds. The maximum absolute atomic E-state index is 13.1. The van der Waals surface area contributed by atoms with Crippen LogP contribution in [0.1, 0.15) is 18.3 Å². The number of amides is 2. The standard InChI is InChI=1S/C27H26N4O3/c1-18(31-23-10-6-7-11-24(23)34-17-26(31)32)27(33)28-20-13-14-22-21(16-20)29-25(30(22)2)15-12-19-8-4-3-5-9-19/h3-11,13-14,16,18H,12,15,17H2,1-2H3,(H,28,33)/t18-/m0/s1. The van der Waals surface area contributed by atoms with Gasteiger partial charge in [-0.2, -0.15) is 0 Å². The Bertz CT molecular complexity index is 1360. The fraction of sp³-hybridized carbons (Fsp3) is 0.222. The first-order valence-corrected chi connectivity index (χ1v) is 11.4. The minimum Gasteiger partial charge on any atom is -0.482 e. The predicted octanol–water partition coefficient (Wildman–Crippen LogP) is 4.11. The quantitative estimate of drug-likeness (QED) is 0.476. The molecule has 1 N–H and O–H groups in total. The highest BCUT2D eigenvalue weighted by atomic mass is 16.5. The van der Waals surface area contributed by atoms with Gasteiger partial charge in [0.1, 0.15) is 17.6 Å². The Morgan fingerprint density at radius 3 is 2.65 bits per heavy atom. The van der Waals surface area contributed by atoms with E-state index in [9.17, 15) is 9.59 Å². The molecular weight excluding hydrogens is 428 g/mol. The van der Waals surface area contributed by atoms with E-state index in [1.165, 1.54) is 10.5 Å². The van der Waals surface area contributed by atoms with Gasteiger partial charge in [0.05, 0.1) is 16.7 Å². The van der Waals surface area contributed by atoms with E-state index in [0.29, 0.717) is 17.1 Å². The number of imidazole rings is 1. The van der Waals surface area contributed by atoms with Crippen LogP contribution in [-0.2, 0) is 29.5 Å². The van der Waals surface area contributed by atoms with Crippen molar-refractivity contribution < 1.29 is 14.3 Å². The minimum absolute atomic E-state index is 0.0830. The summed E-state index contributed by atoms with van der Waals surface area (Å²) in [5.74, 6) is 1.07. The Morgan fingerprint density at radius 1 is 1.06 bits per heavy atom. The highest BCUT2D eigenvalue weighted by Gasteiger charge is 2.33. The first-order valence-electron chi connectivity index (χ1n) is 11.4. The molecule has 34 heavy (non-hydrogen) atoms. The number of ether oxygens (including phenoxy) is 1. The molecule has 5 rings (SSSR count). The van der Waals surface area contributed by atoms with Crippen molar-refractivity contribution >= 4 is 34.2 Å². The van der Waals surface area contributed by atoms with Crippen molar-refractivity contribution in [3.05, 3.63) is 84.2 Å². The number of hydrogen-bond donors (Lipinski definition) is 1. The topological polar surface area (TPSA) is 76.5 Å². The van der Waals surface area contributed by atoms with Crippen LogP contribution in [0.2, 0.25) is 0 Å². The maximum atomic E-state index is 13.1. The molecular formula is C27H26N4O3. The summed E-state index contributed by atoms with van der Waals surface area (Å²) in [7, 11) is 2.01. The fourth-order valence-electron chi connectivity index (χ4n) is 4.36. The fourth-order valence-corrected chi connectivity index (χ4v) is 4.36. The lowest BCUT2D eigenvalue weighted by Gasteiger charge is -2.33. The van der Waals surface area contributed by atoms with Crippen LogP contribution in [0.15, 0.2) is 72.8 Å². The monoisotopic (exact) mass is 454 g/mol. The molecule has 3 aromatic carbocycles. The molecule has 0 bridgehead atoms. The number of aromatic nitrogens is 2. The average Bonchev–Trinajstić information content (AvgIpc) is 3.17. The van der Waals surface area contributed by atoms with E-state index in [-0.39, 0.29) is 18.4 Å². The van der Waals surface area contributed by atoms with Crippen LogP contribution < -0.4 is 15.0 Å². The second-order valence-corrected chi connectivity index (χ2v) is 8.46. The summed E-state index contributed by atoms with van der Waals surface area (Å²) < 4.78 is 7.58. The highest BCUT2D eigenvalue weighted by molar-refractivity contribution is 6.07. The zero-order chi connectivity index (χ0) is 23.7. The van der Waals surface area contributed by atoms with E-state index in [1.807, 2.05) is 55.6 Å². The van der Waals surface area contributed by atoms with Crippen molar-refractivity contribution in [3.63, 3.8) is 0 Å². The lowest BCUT2D eigenvalue weighted by atomic mass is 10.1. The van der Waals surface area contributed by atoms with Crippen molar-refractivity contribution in [1.82, 2.24) is 9.55 Å². The van der Waals surface area contributed by atoms with Crippen LogP contribution >= 0.6 is 0 Å². The summed E-state index contributed by atoms with van der Waals surface area (Å²) in [4.78, 5) is 31.9. The first kappa shape index (κ1) is 21.7. The Morgan fingerprint density at radius 2 is 1.82 bits per heavy atom. The molecule has 1 aliphatic heterocycles. The number of anilines is 2. The van der Waals surface area contributed by atoms with Gasteiger partial charge in [-0.05, 0) is 49.2 Å². The molecule has 172 valence electrons. The molecule has 7 heteroatoms. The molecule has 0 fully saturated rings. The number of nitrogens with zero attached hydrogens (tertiary/aromatic N) is 3. The Labute approximate surface area is 198 Å². The van der Waals surface area contributed by atoms with E-state index in [0.717, 1.165) is 29.7 Å². The van der Waals surface area contributed by atoms with Gasteiger partial charge in [-0.15, -0.1) is 0 Å². The molecule has 1 aromatic heterocycles. The third-order valence-corrected chi connectivity index (χ3v) is 6.23. The van der Waals surface area contributed by atoms with Crippen LogP contribution in [0.3, 0.4) is 0 Å². The molecule has 4 aromatic rings. The molecule has 0 saturated heterocycles. The lowest BCUT2D eigenvalue weighted by molar-refractivity contribution is -0.125. The largest absolute Gasteiger partial charge is 0.482 e. The smallest absolute Gasteiger partial charge is 0.265 e. The average molecular weight is 455 g/mol. The van der Waals surface area contributed by atoms with Crippen molar-refractivity contribution in [3.8, 4) is 5.75 Å². The third-order valence-electron chi connectivity index (χ3n) is 6.23. The van der Waals surface area contributed by atoms with Crippen LogP contribution in [0.25, 0.3) is 11.0 Å². The molecule has 1 aliphatic rings. The first-order chi connectivity index (χ1) is 16.5. The highest BCUT2D eigenvalue weighted by Crippen LogP contribution is 2.33. The number of benzene rings is 3. The summed E-state index contributed by atoms with van der Waals surface area (Å²) in [5, 5.41) is 2.95. The number of aryl methyl sites for hydroxylation is 3. The molecule has 0 aliphatic carbocycles. The Hall–Kier alpha value is -4.13. The Balaban J connectivity index is 1.33. The van der Waals surface area contributed by atoms with Gasteiger partial charge in [-0.1, -0.05) is 42.5 Å². The number of hydrogen-bond acceptors (Lipinski definition) is 4. The molecule has 0 saturated carbocycles. The molecule has 0 unspecified atom stereocenters. The summed E-state index contributed by atoms with van der Waals surface area (Å²) in [6.45, 7) is 1.64. The van der Waals surface area contributed by atoms with Gasteiger partial charge in [-0.25, -0.2) is 4.98 Å². The second kappa shape index (κ2) is 9.02. The summed E-state index contributed by atoms with van der Waals surface area (Å²) >= 11 is 0. The van der Waals surface area contributed by atoms with Gasteiger partial charge in [0.25, 0.3) is 5.91 Å². The third kappa shape index (κ3) is 4.12. The van der Waals surface area contributed by atoms with E-state index >= 15 is 0 Å². The molecule has 0 radical (unpaired) electrons. The van der Waals surface area contributed by atoms with Gasteiger partial charge in [0.2, 0.25) is 5.91 Å². The lowest BCUT2D eigenvalue weighted by Crippen LogP contribution is -2.49. The maximum Gasteiger partial charge on any atom is 0.265 e. The van der Waals surface area contributed by atoms with E-state index in [2.05, 4.69) is 22.0 Å². The van der Waals surface area contributed by atoms with E-state index in [4.69, 9.17) is 9.72 Å². The number of carbonyl (C=O) groups is 2. The molecule has 0 spiro atoms. The van der Waals surface area contributed by atoms with Crippen molar-refractivity contribution in [2.45, 2.75) is 25.8 Å². The molecule has 1 atom stereocenters. The van der Waals surface area contributed by atoms with Crippen molar-refractivity contribution in [1.29, 1.82) is 0 Å². The Kier molecular flexibility index (Phi) is 5.76. The van der Waals surface area contributed by atoms with Crippen LogP contribution in [0.4, 0.5) is 11.4 Å². The van der Waals surface area contributed by atoms with E-state index in [1.54, 1.807) is 19.1 Å². The van der Waals surface area contributed by atoms with Crippen molar-refractivity contribution in [2.75, 3.05) is 16.8 Å². The van der Waals surface area contributed by atoms with Crippen molar-refractivity contribution in [2.24, 2.45) is 7.05 Å². The SMILES string of the molecule is C[C@@H](C(=O)Nc1ccc2c(c1)nc(CCc1ccccc1)n2C)N1C(=O)COc2ccccc21. The normalized spacial score (nSPS) is 13.9. The predicted molar refractivity (Wildman–Crippen MR) is 132 cm³/mol. The van der Waals surface area contributed by atoms with Gasteiger partial charge in [0.15, 0.2) is 6.61 Å². The summed E-state index contributed by atoms with van der Waals surface area (Å²) in [6, 6.07) is 22.6. The van der Waals surface area contributed by atoms with Crippen LogP contribution in [0.5, 0.6) is 5.75 Å². The second-order valence-electron chi connectivity index (χ2n) is 8.46. The number of para-hydroxylation sites is 2. The zero-order valence-electron chi connectivity index (χ0n) is 19.2. The van der Waals surface area contributed by atoms with Gasteiger partial charge in [0, 0.05) is 19.2 Å². The number of carbonyl (C=O) groups excluding carboxylic acids is 2. The van der Waals surface area contributed by atoms with Gasteiger partial charge in [-0.3, -0.25) is 14.5 Å². The van der Waals surface area contributed by atoms with Crippen LogP contribution in [-0.4, -0.2) is 34.0 Å². The zero-order valence-corrected chi connectivity index (χ0v) is 19.2. The molecule has 7 nitrogen and oxygen atoms in total. The van der Waals surface area contributed by atoms with Gasteiger partial charge < -0.3 is 14.6 Å². The van der Waals surface area contributed by atoms with Crippen LogP contribution in [0, 0.1) is 0 Å². The minimum atomic E-state index is -0.696. The number of fused-ring (bicyclic) bond motifs is 2. The number of nitrogens with one attached hydrogen (secondary N) is 1. The van der Waals surface area contributed by atoms with Gasteiger partial charge >= 0.3 is 0 Å². The summed E-state index contributed by atoms with van der Waals surface area (Å²) in [5.41, 5.74) is 4.35. The van der Waals surface area contributed by atoms with E-state index < -0.39 is 6.04 Å². The number of rotatable bonds is 6. The molecule has 2 heterocycles. The summed E-state index contributed by atoms with van der Waals surface area (Å²) in [6.07, 6.45) is 1.74.